The Bertz CT molecular complexity index is 993. The van der Waals surface area contributed by atoms with Crippen LogP contribution in [0, 0.1) is 12.8 Å². The lowest BCUT2D eigenvalue weighted by Gasteiger charge is -2.08. The summed E-state index contributed by atoms with van der Waals surface area (Å²) >= 11 is 6.17. The molecule has 0 aliphatic rings. The second kappa shape index (κ2) is 8.43. The summed E-state index contributed by atoms with van der Waals surface area (Å²) in [6.07, 6.45) is 2.42. The number of nitrogens with one attached hydrogen (secondary N) is 2. The van der Waals surface area contributed by atoms with Crippen molar-refractivity contribution in [1.29, 1.82) is 0 Å². The molecule has 9 heteroatoms. The van der Waals surface area contributed by atoms with Crippen LogP contribution in [0.3, 0.4) is 0 Å². The molecule has 1 amide bonds. The van der Waals surface area contributed by atoms with Gasteiger partial charge in [0.2, 0.25) is 5.91 Å². The molecule has 1 atom stereocenters. The van der Waals surface area contributed by atoms with Crippen molar-refractivity contribution in [3.05, 3.63) is 46.4 Å². The number of rotatable bonds is 8. The molecule has 148 valence electrons. The third-order valence-electron chi connectivity index (χ3n) is 4.47. The molecule has 3 rings (SSSR count). The predicted molar refractivity (Wildman–Crippen MR) is 106 cm³/mol. The highest BCUT2D eigenvalue weighted by molar-refractivity contribution is 6.34. The van der Waals surface area contributed by atoms with Crippen LogP contribution in [0.4, 0.5) is 5.69 Å². The monoisotopic (exact) mass is 403 g/mol. The summed E-state index contributed by atoms with van der Waals surface area (Å²) in [5.41, 5.74) is 3.27. The Kier molecular flexibility index (Phi) is 5.99. The summed E-state index contributed by atoms with van der Waals surface area (Å²) in [6.45, 7) is 3.38. The van der Waals surface area contributed by atoms with Crippen LogP contribution in [-0.4, -0.2) is 36.8 Å². The van der Waals surface area contributed by atoms with Gasteiger partial charge < -0.3 is 10.4 Å². The molecule has 0 saturated carbocycles. The highest BCUT2D eigenvalue weighted by Gasteiger charge is 2.15. The number of aliphatic carboxylic acids is 1. The van der Waals surface area contributed by atoms with E-state index in [9.17, 15) is 9.59 Å². The summed E-state index contributed by atoms with van der Waals surface area (Å²) in [6, 6.07) is 7.53. The summed E-state index contributed by atoms with van der Waals surface area (Å²) in [4.78, 5) is 27.1. The lowest BCUT2D eigenvalue weighted by molar-refractivity contribution is -0.142. The Balaban J connectivity index is 1.48. The number of aromatic nitrogens is 4. The van der Waals surface area contributed by atoms with Crippen LogP contribution < -0.4 is 5.32 Å². The smallest absolute Gasteiger partial charge is 0.306 e. The van der Waals surface area contributed by atoms with E-state index < -0.39 is 11.9 Å². The van der Waals surface area contributed by atoms with E-state index >= 15 is 0 Å². The van der Waals surface area contributed by atoms with Crippen LogP contribution in [0.15, 0.2) is 24.3 Å². The van der Waals surface area contributed by atoms with Gasteiger partial charge in [-0.2, -0.15) is 4.63 Å². The maximum Gasteiger partial charge on any atom is 0.306 e. The lowest BCUT2D eigenvalue weighted by atomic mass is 10.1. The van der Waals surface area contributed by atoms with E-state index in [1.165, 1.54) is 6.92 Å². The zero-order chi connectivity index (χ0) is 20.3. The van der Waals surface area contributed by atoms with E-state index in [-0.39, 0.29) is 12.3 Å². The predicted octanol–water partition coefficient (Wildman–Crippen LogP) is 3.24. The van der Waals surface area contributed by atoms with E-state index in [1.54, 1.807) is 4.63 Å². The normalized spacial score (nSPS) is 12.2. The van der Waals surface area contributed by atoms with E-state index in [4.69, 9.17) is 16.7 Å². The van der Waals surface area contributed by atoms with Crippen LogP contribution in [0.1, 0.15) is 36.8 Å². The van der Waals surface area contributed by atoms with Gasteiger partial charge in [0, 0.05) is 18.5 Å². The number of carboxylic acid groups (broad SMARTS) is 1. The van der Waals surface area contributed by atoms with Gasteiger partial charge in [0.15, 0.2) is 11.5 Å². The molecule has 2 heterocycles. The Hall–Kier alpha value is -2.87. The fourth-order valence-electron chi connectivity index (χ4n) is 2.84. The lowest BCUT2D eigenvalue weighted by Crippen LogP contribution is -2.19. The number of carboxylic acids is 1. The van der Waals surface area contributed by atoms with Gasteiger partial charge in [-0.25, -0.2) is 4.98 Å². The summed E-state index contributed by atoms with van der Waals surface area (Å²) in [5, 5.41) is 19.6. The molecule has 2 aromatic heterocycles. The van der Waals surface area contributed by atoms with Crippen molar-refractivity contribution in [2.45, 2.75) is 39.5 Å². The maximum absolute atomic E-state index is 11.8. The van der Waals surface area contributed by atoms with Crippen molar-refractivity contribution < 1.29 is 14.7 Å². The first-order valence-corrected chi connectivity index (χ1v) is 9.42. The van der Waals surface area contributed by atoms with Crippen molar-refractivity contribution >= 4 is 34.8 Å². The van der Waals surface area contributed by atoms with Gasteiger partial charge in [0.05, 0.1) is 11.6 Å². The highest BCUT2D eigenvalue weighted by atomic mass is 35.5. The highest BCUT2D eigenvalue weighted by Crippen LogP contribution is 2.19. The van der Waals surface area contributed by atoms with Crippen LogP contribution in [0.25, 0.3) is 5.65 Å². The number of hydrogen-bond donors (Lipinski definition) is 3. The molecule has 3 N–H and O–H groups in total. The van der Waals surface area contributed by atoms with E-state index in [1.807, 2.05) is 31.2 Å². The largest absolute Gasteiger partial charge is 0.481 e. The molecule has 0 aliphatic heterocycles. The van der Waals surface area contributed by atoms with Crippen molar-refractivity contribution in [2.75, 3.05) is 5.32 Å². The minimum Gasteiger partial charge on any atom is -0.481 e. The SMILES string of the molecule is Cc1[nH]n2nc(CCCc3ccc(NC(=O)CC(C)C(=O)O)cc3)nc2c1Cl. The Morgan fingerprint density at radius 1 is 1.29 bits per heavy atom. The average Bonchev–Trinajstić information content (AvgIpc) is 3.15. The molecule has 1 unspecified atom stereocenters. The Labute approximate surface area is 166 Å². The third kappa shape index (κ3) is 4.69. The second-order valence-corrected chi connectivity index (χ2v) is 7.23. The zero-order valence-corrected chi connectivity index (χ0v) is 16.5. The van der Waals surface area contributed by atoms with Crippen LogP contribution in [0.2, 0.25) is 5.02 Å². The molecule has 0 bridgehead atoms. The molecular weight excluding hydrogens is 382 g/mol. The van der Waals surface area contributed by atoms with Gasteiger partial charge in [-0.1, -0.05) is 30.7 Å². The first-order valence-electron chi connectivity index (χ1n) is 9.05. The molecule has 0 radical (unpaired) electrons. The van der Waals surface area contributed by atoms with Gasteiger partial charge in [-0.05, 0) is 37.5 Å². The number of amides is 1. The van der Waals surface area contributed by atoms with Gasteiger partial charge in [-0.15, -0.1) is 5.10 Å². The van der Waals surface area contributed by atoms with Crippen molar-refractivity contribution in [2.24, 2.45) is 5.92 Å². The number of halogens is 1. The maximum atomic E-state index is 11.8. The summed E-state index contributed by atoms with van der Waals surface area (Å²) in [7, 11) is 0. The molecule has 1 aromatic carbocycles. The van der Waals surface area contributed by atoms with Crippen molar-refractivity contribution in [1.82, 2.24) is 19.8 Å². The molecule has 28 heavy (non-hydrogen) atoms. The van der Waals surface area contributed by atoms with E-state index in [2.05, 4.69) is 20.5 Å². The fourth-order valence-corrected chi connectivity index (χ4v) is 3.00. The number of anilines is 1. The molecule has 0 saturated heterocycles. The molecule has 3 aromatic rings. The molecule has 0 aliphatic carbocycles. The van der Waals surface area contributed by atoms with Crippen molar-refractivity contribution in [3.63, 3.8) is 0 Å². The van der Waals surface area contributed by atoms with E-state index in [0.29, 0.717) is 16.4 Å². The van der Waals surface area contributed by atoms with Crippen LogP contribution >= 0.6 is 11.6 Å². The Morgan fingerprint density at radius 3 is 2.64 bits per heavy atom. The quantitative estimate of drug-likeness (QED) is 0.534. The fraction of sp³-hybridized carbons (Fsp3) is 0.368. The number of benzene rings is 1. The minimum atomic E-state index is -0.980. The Morgan fingerprint density at radius 2 is 2.00 bits per heavy atom. The second-order valence-electron chi connectivity index (χ2n) is 6.86. The summed E-state index contributed by atoms with van der Waals surface area (Å²) < 4.78 is 1.59. The topological polar surface area (TPSA) is 112 Å². The number of fused-ring (bicyclic) bond motifs is 1. The summed E-state index contributed by atoms with van der Waals surface area (Å²) in [5.74, 6) is -1.25. The van der Waals surface area contributed by atoms with Gasteiger partial charge >= 0.3 is 5.97 Å². The number of aromatic amines is 1. The number of aryl methyl sites for hydroxylation is 3. The number of carbonyl (C=O) groups is 2. The third-order valence-corrected chi connectivity index (χ3v) is 4.92. The van der Waals surface area contributed by atoms with Crippen LogP contribution in [-0.2, 0) is 22.4 Å². The van der Waals surface area contributed by atoms with Gasteiger partial charge in [0.1, 0.15) is 5.02 Å². The minimum absolute atomic E-state index is 0.0493. The molecule has 0 spiro atoms. The molecular formula is C19H22ClN5O3. The first kappa shape index (κ1) is 19.9. The molecule has 8 nitrogen and oxygen atoms in total. The van der Waals surface area contributed by atoms with Gasteiger partial charge in [0.25, 0.3) is 0 Å². The van der Waals surface area contributed by atoms with Crippen molar-refractivity contribution in [3.8, 4) is 0 Å². The van der Waals surface area contributed by atoms with E-state index in [0.717, 1.165) is 36.3 Å². The molecule has 0 fully saturated rings. The first-order chi connectivity index (χ1) is 13.3. The van der Waals surface area contributed by atoms with Crippen LogP contribution in [0.5, 0.6) is 0 Å². The number of hydrogen-bond acceptors (Lipinski definition) is 4. The number of H-pyrrole nitrogens is 1. The number of carbonyl (C=O) groups excluding carboxylic acids is 1. The standard InChI is InChI=1S/C19H22ClN5O3/c1-11(19(27)28)10-16(26)21-14-8-6-13(7-9-14)4-3-5-15-22-18-17(20)12(2)23-25(18)24-15/h6-9,11,23H,3-5,10H2,1-2H3,(H,21,26)(H,27,28). The zero-order valence-electron chi connectivity index (χ0n) is 15.7. The average molecular weight is 404 g/mol. The number of nitrogens with zero attached hydrogens (tertiary/aromatic N) is 3. The van der Waals surface area contributed by atoms with Gasteiger partial charge in [-0.3, -0.25) is 14.7 Å².